The Morgan fingerprint density at radius 3 is 2.52 bits per heavy atom. The molecule has 2 amide bonds. The molecule has 130 valence electrons. The summed E-state index contributed by atoms with van der Waals surface area (Å²) in [5.41, 5.74) is 0.516. The highest BCUT2D eigenvalue weighted by Gasteiger charge is 2.23. The van der Waals surface area contributed by atoms with E-state index in [4.69, 9.17) is 4.74 Å². The van der Waals surface area contributed by atoms with Crippen molar-refractivity contribution in [2.45, 2.75) is 13.3 Å². The minimum atomic E-state index is -0.0788. The Morgan fingerprint density at radius 2 is 1.76 bits per heavy atom. The van der Waals surface area contributed by atoms with E-state index in [-0.39, 0.29) is 11.8 Å². The third kappa shape index (κ3) is 4.15. The normalized spacial score (nSPS) is 14.8. The molecule has 0 aliphatic carbocycles. The molecule has 1 aromatic heterocycles. The van der Waals surface area contributed by atoms with Crippen LogP contribution in [-0.4, -0.2) is 52.8 Å². The fraction of sp³-hybridized carbons (Fsp3) is 0.316. The predicted octanol–water partition coefficient (Wildman–Crippen LogP) is 2.57. The van der Waals surface area contributed by atoms with Crippen LogP contribution in [0.5, 0.6) is 11.5 Å². The van der Waals surface area contributed by atoms with Gasteiger partial charge in [-0.05, 0) is 30.7 Å². The summed E-state index contributed by atoms with van der Waals surface area (Å²) < 4.78 is 5.84. The van der Waals surface area contributed by atoms with Crippen molar-refractivity contribution in [2.24, 2.45) is 0 Å². The number of aromatic nitrogens is 1. The van der Waals surface area contributed by atoms with Crippen LogP contribution in [0.2, 0.25) is 0 Å². The number of nitrogens with zero attached hydrogens (tertiary/aromatic N) is 3. The third-order valence-corrected chi connectivity index (χ3v) is 4.21. The molecule has 0 unspecified atom stereocenters. The van der Waals surface area contributed by atoms with Crippen LogP contribution in [0.15, 0.2) is 48.8 Å². The van der Waals surface area contributed by atoms with Gasteiger partial charge in [-0.1, -0.05) is 12.1 Å². The van der Waals surface area contributed by atoms with E-state index in [0.29, 0.717) is 43.2 Å². The van der Waals surface area contributed by atoms with Gasteiger partial charge in [0.25, 0.3) is 5.91 Å². The molecular weight excluding hydrogens is 318 g/mol. The number of hydrogen-bond acceptors (Lipinski definition) is 4. The summed E-state index contributed by atoms with van der Waals surface area (Å²) in [6.07, 6.45) is 4.05. The van der Waals surface area contributed by atoms with Gasteiger partial charge >= 0.3 is 0 Å². The number of rotatable bonds is 3. The number of carbonyl (C=O) groups is 2. The lowest BCUT2D eigenvalue weighted by Crippen LogP contribution is -2.36. The molecular formula is C19H21N3O3. The van der Waals surface area contributed by atoms with E-state index < -0.39 is 0 Å². The van der Waals surface area contributed by atoms with Gasteiger partial charge in [-0.25, -0.2) is 0 Å². The summed E-state index contributed by atoms with van der Waals surface area (Å²) in [5.74, 6) is 1.06. The quantitative estimate of drug-likeness (QED) is 0.862. The highest BCUT2D eigenvalue weighted by molar-refractivity contribution is 5.97. The monoisotopic (exact) mass is 339 g/mol. The van der Waals surface area contributed by atoms with Crippen molar-refractivity contribution in [3.05, 3.63) is 54.4 Å². The van der Waals surface area contributed by atoms with Gasteiger partial charge < -0.3 is 14.5 Å². The fourth-order valence-corrected chi connectivity index (χ4v) is 2.87. The average molecular weight is 339 g/mol. The van der Waals surface area contributed by atoms with Crippen molar-refractivity contribution in [1.82, 2.24) is 14.8 Å². The Kier molecular flexibility index (Phi) is 5.28. The second-order valence-electron chi connectivity index (χ2n) is 5.94. The molecule has 0 spiro atoms. The van der Waals surface area contributed by atoms with Gasteiger partial charge in [0.05, 0.1) is 11.8 Å². The van der Waals surface area contributed by atoms with Crippen molar-refractivity contribution >= 4 is 11.8 Å². The number of para-hydroxylation sites is 1. The van der Waals surface area contributed by atoms with E-state index in [1.54, 1.807) is 53.4 Å². The van der Waals surface area contributed by atoms with Gasteiger partial charge in [0.15, 0.2) is 0 Å². The van der Waals surface area contributed by atoms with E-state index in [1.807, 2.05) is 12.1 Å². The van der Waals surface area contributed by atoms with Crippen molar-refractivity contribution in [3.8, 4) is 11.5 Å². The van der Waals surface area contributed by atoms with Crippen molar-refractivity contribution in [3.63, 3.8) is 0 Å². The number of hydrogen-bond donors (Lipinski definition) is 0. The molecule has 3 rings (SSSR count). The van der Waals surface area contributed by atoms with Crippen molar-refractivity contribution in [2.75, 3.05) is 26.2 Å². The lowest BCUT2D eigenvalue weighted by Gasteiger charge is -2.22. The first-order valence-electron chi connectivity index (χ1n) is 8.37. The second kappa shape index (κ2) is 7.79. The molecule has 1 saturated heterocycles. The Morgan fingerprint density at radius 1 is 1.00 bits per heavy atom. The predicted molar refractivity (Wildman–Crippen MR) is 93.5 cm³/mol. The molecule has 25 heavy (non-hydrogen) atoms. The van der Waals surface area contributed by atoms with Crippen LogP contribution in [0, 0.1) is 0 Å². The van der Waals surface area contributed by atoms with E-state index in [9.17, 15) is 9.59 Å². The Balaban J connectivity index is 1.77. The Bertz CT molecular complexity index is 749. The first kappa shape index (κ1) is 17.0. The topological polar surface area (TPSA) is 62.7 Å². The largest absolute Gasteiger partial charge is 0.455 e. The van der Waals surface area contributed by atoms with Crippen molar-refractivity contribution in [1.29, 1.82) is 0 Å². The van der Waals surface area contributed by atoms with E-state index >= 15 is 0 Å². The van der Waals surface area contributed by atoms with Gasteiger partial charge in [-0.2, -0.15) is 0 Å². The molecule has 1 aromatic carbocycles. The minimum Gasteiger partial charge on any atom is -0.455 e. The Hall–Kier alpha value is -2.89. The lowest BCUT2D eigenvalue weighted by atomic mass is 10.1. The zero-order chi connectivity index (χ0) is 17.6. The smallest absolute Gasteiger partial charge is 0.257 e. The second-order valence-corrected chi connectivity index (χ2v) is 5.94. The number of ether oxygens (including phenoxy) is 1. The maximum absolute atomic E-state index is 13.0. The van der Waals surface area contributed by atoms with Gasteiger partial charge in [0.1, 0.15) is 11.5 Å². The molecule has 2 aromatic rings. The van der Waals surface area contributed by atoms with Crippen LogP contribution in [0.4, 0.5) is 0 Å². The van der Waals surface area contributed by atoms with Gasteiger partial charge in [0, 0.05) is 39.3 Å². The molecule has 1 aliphatic rings. The molecule has 1 fully saturated rings. The van der Waals surface area contributed by atoms with Crippen LogP contribution in [0.1, 0.15) is 23.7 Å². The molecule has 0 bridgehead atoms. The SMILES string of the molecule is CC(=O)N1CCCN(C(=O)c2ccccc2Oc2cccnc2)CC1. The van der Waals surface area contributed by atoms with Crippen LogP contribution >= 0.6 is 0 Å². The molecule has 6 nitrogen and oxygen atoms in total. The van der Waals surface area contributed by atoms with Crippen molar-refractivity contribution < 1.29 is 14.3 Å². The summed E-state index contributed by atoms with van der Waals surface area (Å²) in [5, 5.41) is 0. The number of amides is 2. The molecule has 1 aliphatic heterocycles. The lowest BCUT2D eigenvalue weighted by molar-refractivity contribution is -0.128. The molecule has 0 atom stereocenters. The molecule has 0 radical (unpaired) electrons. The number of carbonyl (C=O) groups excluding carboxylic acids is 2. The Labute approximate surface area is 147 Å². The zero-order valence-electron chi connectivity index (χ0n) is 14.2. The third-order valence-electron chi connectivity index (χ3n) is 4.21. The maximum atomic E-state index is 13.0. The van der Waals surface area contributed by atoms with Gasteiger partial charge in [0.2, 0.25) is 5.91 Å². The first-order chi connectivity index (χ1) is 12.1. The van der Waals surface area contributed by atoms with Gasteiger partial charge in [-0.15, -0.1) is 0 Å². The summed E-state index contributed by atoms with van der Waals surface area (Å²) in [6, 6.07) is 10.8. The van der Waals surface area contributed by atoms with E-state index in [1.165, 1.54) is 0 Å². The van der Waals surface area contributed by atoms with Gasteiger partial charge in [-0.3, -0.25) is 14.6 Å². The average Bonchev–Trinajstić information content (AvgIpc) is 2.89. The fourth-order valence-electron chi connectivity index (χ4n) is 2.87. The maximum Gasteiger partial charge on any atom is 0.257 e. The van der Waals surface area contributed by atoms with Crippen LogP contribution in [0.25, 0.3) is 0 Å². The first-order valence-corrected chi connectivity index (χ1v) is 8.37. The highest BCUT2D eigenvalue weighted by atomic mass is 16.5. The van der Waals surface area contributed by atoms with Crippen LogP contribution in [0.3, 0.4) is 0 Å². The molecule has 0 saturated carbocycles. The summed E-state index contributed by atoms with van der Waals surface area (Å²) in [4.78, 5) is 32.1. The van der Waals surface area contributed by atoms with E-state index in [2.05, 4.69) is 4.98 Å². The number of pyridine rings is 1. The summed E-state index contributed by atoms with van der Waals surface area (Å²) >= 11 is 0. The summed E-state index contributed by atoms with van der Waals surface area (Å²) in [7, 11) is 0. The zero-order valence-corrected chi connectivity index (χ0v) is 14.2. The number of benzene rings is 1. The van der Waals surface area contributed by atoms with E-state index in [0.717, 1.165) is 6.42 Å². The minimum absolute atomic E-state index is 0.0506. The molecule has 2 heterocycles. The molecule has 0 N–H and O–H groups in total. The van der Waals surface area contributed by atoms with Crippen LogP contribution in [-0.2, 0) is 4.79 Å². The standard InChI is InChI=1S/C19H21N3O3/c1-15(23)21-10-5-11-22(13-12-21)19(24)17-7-2-3-8-18(17)25-16-6-4-9-20-14-16/h2-4,6-9,14H,5,10-13H2,1H3. The summed E-state index contributed by atoms with van der Waals surface area (Å²) in [6.45, 7) is 3.97. The molecule has 6 heteroatoms. The van der Waals surface area contributed by atoms with Crippen LogP contribution < -0.4 is 4.74 Å². The highest BCUT2D eigenvalue weighted by Crippen LogP contribution is 2.26.